The Morgan fingerprint density at radius 2 is 1.62 bits per heavy atom. The smallest absolute Gasteiger partial charge is 0.224 e. The monoisotopic (exact) mass is 426 g/mol. The summed E-state index contributed by atoms with van der Waals surface area (Å²) in [5.74, 6) is 0.00953. The molecule has 1 N–H and O–H groups in total. The van der Waals surface area contributed by atoms with Crippen molar-refractivity contribution in [2.45, 2.75) is 54.4 Å². The van der Waals surface area contributed by atoms with Gasteiger partial charge in [0.1, 0.15) is 0 Å². The van der Waals surface area contributed by atoms with Crippen LogP contribution < -0.4 is 5.32 Å². The Bertz CT molecular complexity index is 1320. The van der Waals surface area contributed by atoms with Crippen molar-refractivity contribution < 1.29 is 4.79 Å². The largest absolute Gasteiger partial charge is 0.326 e. The Labute approximate surface area is 189 Å². The van der Waals surface area contributed by atoms with Gasteiger partial charge in [-0.1, -0.05) is 23.8 Å². The van der Waals surface area contributed by atoms with Gasteiger partial charge in [-0.3, -0.25) is 4.79 Å². The summed E-state index contributed by atoms with van der Waals surface area (Å²) in [5, 5.41) is 8.87. The maximum atomic E-state index is 12.5. The lowest BCUT2D eigenvalue weighted by Crippen LogP contribution is -2.13. The number of hydrogen-bond acceptors (Lipinski definition) is 3. The fourth-order valence-electron chi connectivity index (χ4n) is 4.21. The molecule has 0 bridgehead atoms. The van der Waals surface area contributed by atoms with E-state index in [4.69, 9.17) is 10.1 Å². The number of hydrogen-bond donors (Lipinski definition) is 1. The van der Waals surface area contributed by atoms with Crippen LogP contribution in [0.25, 0.3) is 16.7 Å². The molecular weight excluding hydrogens is 396 g/mol. The van der Waals surface area contributed by atoms with Crippen molar-refractivity contribution in [2.75, 3.05) is 5.32 Å². The van der Waals surface area contributed by atoms with Crippen molar-refractivity contribution in [1.29, 1.82) is 0 Å². The molecule has 0 spiro atoms. The first kappa shape index (κ1) is 21.8. The van der Waals surface area contributed by atoms with Gasteiger partial charge in [0.15, 0.2) is 5.65 Å². The van der Waals surface area contributed by atoms with E-state index in [-0.39, 0.29) is 5.91 Å². The number of aromatic nitrogens is 3. The number of carbonyl (C=O) groups excluding carboxylic acids is 1. The fourth-order valence-corrected chi connectivity index (χ4v) is 4.21. The second-order valence-electron chi connectivity index (χ2n) is 8.68. The molecule has 0 atom stereocenters. The third-order valence-corrected chi connectivity index (χ3v) is 6.25. The zero-order chi connectivity index (χ0) is 23.0. The molecule has 5 nitrogen and oxygen atoms in total. The van der Waals surface area contributed by atoms with E-state index in [1.165, 1.54) is 16.7 Å². The molecule has 1 amide bonds. The minimum Gasteiger partial charge on any atom is -0.326 e. The molecular formula is C27H30N4O. The summed E-state index contributed by atoms with van der Waals surface area (Å²) < 4.78 is 1.94. The molecule has 5 heteroatoms. The van der Waals surface area contributed by atoms with E-state index in [2.05, 4.69) is 44.3 Å². The van der Waals surface area contributed by atoms with Gasteiger partial charge in [0, 0.05) is 23.2 Å². The number of nitrogens with zero attached hydrogens (tertiary/aromatic N) is 3. The van der Waals surface area contributed by atoms with Crippen LogP contribution in [0.1, 0.15) is 45.6 Å². The highest BCUT2D eigenvalue weighted by Crippen LogP contribution is 2.29. The first-order valence-corrected chi connectivity index (χ1v) is 11.0. The molecule has 32 heavy (non-hydrogen) atoms. The van der Waals surface area contributed by atoms with Crippen molar-refractivity contribution >= 4 is 22.6 Å². The minimum atomic E-state index is 0.00953. The Kier molecular flexibility index (Phi) is 5.83. The van der Waals surface area contributed by atoms with Gasteiger partial charge < -0.3 is 5.32 Å². The molecule has 0 radical (unpaired) electrons. The summed E-state index contributed by atoms with van der Waals surface area (Å²) in [6.07, 6.45) is 1.06. The molecule has 4 aromatic rings. The molecule has 0 aliphatic heterocycles. The van der Waals surface area contributed by atoms with Gasteiger partial charge in [0.25, 0.3) is 0 Å². The predicted octanol–water partition coefficient (Wildman–Crippen LogP) is 5.84. The van der Waals surface area contributed by atoms with Crippen LogP contribution in [-0.2, 0) is 11.2 Å². The summed E-state index contributed by atoms with van der Waals surface area (Å²) >= 11 is 0. The average Bonchev–Trinajstić information content (AvgIpc) is 3.07. The summed E-state index contributed by atoms with van der Waals surface area (Å²) in [7, 11) is 0. The van der Waals surface area contributed by atoms with E-state index in [1.807, 2.05) is 49.7 Å². The van der Waals surface area contributed by atoms with Crippen LogP contribution in [0, 0.1) is 41.5 Å². The molecule has 4 rings (SSSR count). The van der Waals surface area contributed by atoms with E-state index < -0.39 is 0 Å². The van der Waals surface area contributed by atoms with Crippen LogP contribution in [0.3, 0.4) is 0 Å². The van der Waals surface area contributed by atoms with Gasteiger partial charge in [0.05, 0.1) is 11.4 Å². The van der Waals surface area contributed by atoms with E-state index >= 15 is 0 Å². The van der Waals surface area contributed by atoms with Crippen molar-refractivity contribution in [3.63, 3.8) is 0 Å². The van der Waals surface area contributed by atoms with Crippen molar-refractivity contribution in [2.24, 2.45) is 0 Å². The lowest BCUT2D eigenvalue weighted by molar-refractivity contribution is -0.116. The molecule has 0 saturated carbocycles. The van der Waals surface area contributed by atoms with Gasteiger partial charge in [-0.25, -0.2) is 9.67 Å². The zero-order valence-corrected chi connectivity index (χ0v) is 19.7. The molecule has 2 heterocycles. The number of carbonyl (C=O) groups is 1. The van der Waals surface area contributed by atoms with E-state index in [0.717, 1.165) is 44.9 Å². The van der Waals surface area contributed by atoms with Crippen LogP contribution in [0.15, 0.2) is 42.5 Å². The molecule has 0 aliphatic carbocycles. The van der Waals surface area contributed by atoms with Crippen LogP contribution in [0.4, 0.5) is 5.69 Å². The average molecular weight is 427 g/mol. The standard InChI is InChI=1S/C27H30N4O/c1-16-7-10-22(11-8-16)29-25(32)14-13-24-19(4)26-21(6)30-31(27(26)28-20(24)5)23-12-9-17(2)18(3)15-23/h7-12,15H,13-14H2,1-6H3,(H,29,32). The van der Waals surface area contributed by atoms with Crippen molar-refractivity contribution in [1.82, 2.24) is 14.8 Å². The molecule has 164 valence electrons. The maximum absolute atomic E-state index is 12.5. The first-order chi connectivity index (χ1) is 15.2. The molecule has 0 saturated heterocycles. The normalized spacial score (nSPS) is 11.2. The highest BCUT2D eigenvalue weighted by molar-refractivity contribution is 5.91. The zero-order valence-electron chi connectivity index (χ0n) is 19.7. The molecule has 0 unspecified atom stereocenters. The Morgan fingerprint density at radius 1 is 0.906 bits per heavy atom. The molecule has 2 aromatic heterocycles. The maximum Gasteiger partial charge on any atom is 0.224 e. The fraction of sp³-hybridized carbons (Fsp3) is 0.296. The van der Waals surface area contributed by atoms with Crippen LogP contribution in [-0.4, -0.2) is 20.7 Å². The summed E-state index contributed by atoms with van der Waals surface area (Å²) in [6.45, 7) is 12.4. The lowest BCUT2D eigenvalue weighted by Gasteiger charge is -2.12. The number of anilines is 1. The highest BCUT2D eigenvalue weighted by Gasteiger charge is 2.18. The third-order valence-electron chi connectivity index (χ3n) is 6.25. The second-order valence-corrected chi connectivity index (χ2v) is 8.68. The predicted molar refractivity (Wildman–Crippen MR) is 131 cm³/mol. The number of benzene rings is 2. The van der Waals surface area contributed by atoms with Crippen molar-refractivity contribution in [3.8, 4) is 5.69 Å². The number of fused-ring (bicyclic) bond motifs is 1. The number of rotatable bonds is 5. The molecule has 0 aliphatic rings. The lowest BCUT2D eigenvalue weighted by atomic mass is 9.99. The summed E-state index contributed by atoms with van der Waals surface area (Å²) in [4.78, 5) is 17.5. The van der Waals surface area contributed by atoms with Gasteiger partial charge in [-0.2, -0.15) is 5.10 Å². The molecule has 0 fully saturated rings. The van der Waals surface area contributed by atoms with Crippen LogP contribution >= 0.6 is 0 Å². The van der Waals surface area contributed by atoms with Gasteiger partial charge in [-0.05, 0) is 94.5 Å². The Balaban J connectivity index is 1.62. The van der Waals surface area contributed by atoms with E-state index in [1.54, 1.807) is 0 Å². The number of aryl methyl sites for hydroxylation is 6. The van der Waals surface area contributed by atoms with Crippen LogP contribution in [0.5, 0.6) is 0 Å². The topological polar surface area (TPSA) is 59.8 Å². The van der Waals surface area contributed by atoms with Crippen LogP contribution in [0.2, 0.25) is 0 Å². The first-order valence-electron chi connectivity index (χ1n) is 11.0. The van der Waals surface area contributed by atoms with Gasteiger partial charge in [-0.15, -0.1) is 0 Å². The Hall–Kier alpha value is -3.47. The van der Waals surface area contributed by atoms with Gasteiger partial charge in [0.2, 0.25) is 5.91 Å². The summed E-state index contributed by atoms with van der Waals surface area (Å²) in [5.41, 5.74) is 10.6. The molecule has 2 aromatic carbocycles. The minimum absolute atomic E-state index is 0.00953. The second kappa shape index (κ2) is 8.58. The number of pyridine rings is 1. The Morgan fingerprint density at radius 3 is 2.31 bits per heavy atom. The van der Waals surface area contributed by atoms with Crippen molar-refractivity contribution in [3.05, 3.63) is 81.7 Å². The SMILES string of the molecule is Cc1ccc(NC(=O)CCc2c(C)nc3c(c(C)nn3-c3ccc(C)c(C)c3)c2C)cc1. The third kappa shape index (κ3) is 4.15. The number of amides is 1. The number of nitrogens with one attached hydrogen (secondary N) is 1. The highest BCUT2D eigenvalue weighted by atomic mass is 16.1. The quantitative estimate of drug-likeness (QED) is 0.436. The summed E-state index contributed by atoms with van der Waals surface area (Å²) in [6, 6.07) is 14.2. The van der Waals surface area contributed by atoms with Gasteiger partial charge >= 0.3 is 0 Å². The van der Waals surface area contributed by atoms with E-state index in [9.17, 15) is 4.79 Å². The van der Waals surface area contributed by atoms with E-state index in [0.29, 0.717) is 12.8 Å².